The molecule has 0 atom stereocenters. The number of esters is 1. The molecule has 3 aromatic rings. The summed E-state index contributed by atoms with van der Waals surface area (Å²) in [5.74, 6) is 0.879. The Kier molecular flexibility index (Phi) is 4.10. The molecule has 3 rings (SSSR count). The van der Waals surface area contributed by atoms with Crippen molar-refractivity contribution < 1.29 is 14.3 Å². The van der Waals surface area contributed by atoms with E-state index in [1.807, 2.05) is 30.3 Å². The van der Waals surface area contributed by atoms with E-state index in [0.717, 1.165) is 0 Å². The van der Waals surface area contributed by atoms with Crippen LogP contribution in [0.3, 0.4) is 0 Å². The first-order valence-corrected chi connectivity index (χ1v) is 7.11. The van der Waals surface area contributed by atoms with Gasteiger partial charge in [0.1, 0.15) is 11.5 Å². The molecule has 0 aliphatic rings. The summed E-state index contributed by atoms with van der Waals surface area (Å²) in [6, 6.07) is 16.0. The molecule has 5 nitrogen and oxygen atoms in total. The summed E-state index contributed by atoms with van der Waals surface area (Å²) in [5, 5.41) is 0.507. The van der Waals surface area contributed by atoms with Crippen LogP contribution in [0.25, 0.3) is 10.9 Å². The smallest absolute Gasteiger partial charge is 0.311 e. The number of H-pyrrole nitrogens is 1. The van der Waals surface area contributed by atoms with Crippen LogP contribution in [-0.2, 0) is 16.0 Å². The number of rotatable bonds is 4. The number of aromatic nitrogens is 1. The number of benzene rings is 2. The number of hydrogen-bond acceptors (Lipinski definition) is 4. The minimum atomic E-state index is -0.399. The third kappa shape index (κ3) is 3.40. The van der Waals surface area contributed by atoms with Crippen molar-refractivity contribution in [2.24, 2.45) is 0 Å². The van der Waals surface area contributed by atoms with Crippen LogP contribution in [0, 0.1) is 0 Å². The van der Waals surface area contributed by atoms with Crippen LogP contribution in [-0.4, -0.2) is 18.1 Å². The molecule has 0 unspecified atom stereocenters. The Morgan fingerprint density at radius 2 is 1.83 bits per heavy atom. The van der Waals surface area contributed by atoms with Gasteiger partial charge in [-0.15, -0.1) is 0 Å². The van der Waals surface area contributed by atoms with Crippen molar-refractivity contribution in [1.82, 2.24) is 4.98 Å². The Morgan fingerprint density at radius 3 is 2.57 bits per heavy atom. The normalized spacial score (nSPS) is 10.5. The molecule has 0 amide bonds. The summed E-state index contributed by atoms with van der Waals surface area (Å²) >= 11 is 0. The number of fused-ring (bicyclic) bond motifs is 1. The maximum absolute atomic E-state index is 12.2. The zero-order chi connectivity index (χ0) is 16.2. The van der Waals surface area contributed by atoms with Gasteiger partial charge in [0.25, 0.3) is 0 Å². The summed E-state index contributed by atoms with van der Waals surface area (Å²) in [7, 11) is 1.31. The third-order valence-electron chi connectivity index (χ3n) is 3.40. The van der Waals surface area contributed by atoms with E-state index in [9.17, 15) is 9.59 Å². The third-order valence-corrected chi connectivity index (χ3v) is 3.40. The van der Waals surface area contributed by atoms with Crippen LogP contribution in [0.15, 0.2) is 59.4 Å². The predicted molar refractivity (Wildman–Crippen MR) is 86.8 cm³/mol. The second-order valence-electron chi connectivity index (χ2n) is 5.03. The molecule has 0 spiro atoms. The number of nitrogens with one attached hydrogen (secondary N) is 1. The van der Waals surface area contributed by atoms with E-state index in [0.29, 0.717) is 28.1 Å². The van der Waals surface area contributed by atoms with Crippen molar-refractivity contribution in [2.75, 3.05) is 7.11 Å². The molecule has 0 saturated heterocycles. The quantitative estimate of drug-likeness (QED) is 0.752. The fourth-order valence-electron chi connectivity index (χ4n) is 2.29. The standard InChI is InChI=1S/C18H15NO4/c1-22-18(21)10-12-9-17(20)15-11-14(7-8-16(15)19-12)23-13-5-3-2-4-6-13/h2-9,11H,10H2,1H3,(H,19,20). The Hall–Kier alpha value is -3.08. The SMILES string of the molecule is COC(=O)Cc1cc(=O)c2cc(Oc3ccccc3)ccc2[nH]1. The second-order valence-corrected chi connectivity index (χ2v) is 5.03. The molecule has 1 heterocycles. The van der Waals surface area contributed by atoms with E-state index in [1.165, 1.54) is 13.2 Å². The van der Waals surface area contributed by atoms with Gasteiger partial charge in [-0.2, -0.15) is 0 Å². The van der Waals surface area contributed by atoms with Gasteiger partial charge in [-0.05, 0) is 30.3 Å². The van der Waals surface area contributed by atoms with Crippen molar-refractivity contribution in [1.29, 1.82) is 0 Å². The first kappa shape index (κ1) is 14.8. The highest BCUT2D eigenvalue weighted by Crippen LogP contribution is 2.23. The fourth-order valence-corrected chi connectivity index (χ4v) is 2.29. The van der Waals surface area contributed by atoms with Gasteiger partial charge in [-0.1, -0.05) is 18.2 Å². The summed E-state index contributed by atoms with van der Waals surface area (Å²) in [6.45, 7) is 0. The van der Waals surface area contributed by atoms with Crippen molar-refractivity contribution in [3.8, 4) is 11.5 Å². The average molecular weight is 309 g/mol. The number of hydrogen-bond donors (Lipinski definition) is 1. The van der Waals surface area contributed by atoms with E-state index in [-0.39, 0.29) is 11.8 Å². The first-order chi connectivity index (χ1) is 11.2. The Morgan fingerprint density at radius 1 is 1.04 bits per heavy atom. The van der Waals surface area contributed by atoms with Gasteiger partial charge in [0.15, 0.2) is 5.43 Å². The summed E-state index contributed by atoms with van der Waals surface area (Å²) in [6.07, 6.45) is 0.0317. The number of pyridine rings is 1. The number of methoxy groups -OCH3 is 1. The highest BCUT2D eigenvalue weighted by atomic mass is 16.5. The van der Waals surface area contributed by atoms with Crippen LogP contribution in [0.1, 0.15) is 5.69 Å². The van der Waals surface area contributed by atoms with Crippen molar-refractivity contribution in [3.63, 3.8) is 0 Å². The minimum absolute atomic E-state index is 0.0317. The number of carbonyl (C=O) groups is 1. The van der Waals surface area contributed by atoms with Gasteiger partial charge in [-0.25, -0.2) is 0 Å². The lowest BCUT2D eigenvalue weighted by molar-refractivity contribution is -0.139. The van der Waals surface area contributed by atoms with Crippen LogP contribution in [0.4, 0.5) is 0 Å². The van der Waals surface area contributed by atoms with Crippen molar-refractivity contribution in [2.45, 2.75) is 6.42 Å². The molecule has 0 aliphatic heterocycles. The Balaban J connectivity index is 1.94. The summed E-state index contributed by atoms with van der Waals surface area (Å²) < 4.78 is 10.3. The maximum Gasteiger partial charge on any atom is 0.311 e. The minimum Gasteiger partial charge on any atom is -0.469 e. The maximum atomic E-state index is 12.2. The number of carbonyl (C=O) groups excluding carboxylic acids is 1. The monoisotopic (exact) mass is 309 g/mol. The number of aromatic amines is 1. The molecule has 0 fully saturated rings. The lowest BCUT2D eigenvalue weighted by Gasteiger charge is -2.08. The van der Waals surface area contributed by atoms with E-state index in [4.69, 9.17) is 4.74 Å². The van der Waals surface area contributed by atoms with Gasteiger partial charge < -0.3 is 14.5 Å². The Bertz CT molecular complexity index is 900. The molecule has 1 aromatic heterocycles. The molecule has 1 N–H and O–H groups in total. The molecule has 0 aliphatic carbocycles. The van der Waals surface area contributed by atoms with E-state index in [2.05, 4.69) is 9.72 Å². The Labute approximate surface area is 132 Å². The van der Waals surface area contributed by atoms with E-state index < -0.39 is 5.97 Å². The zero-order valence-corrected chi connectivity index (χ0v) is 12.5. The van der Waals surface area contributed by atoms with Gasteiger partial charge in [0.2, 0.25) is 0 Å². The molecule has 0 radical (unpaired) electrons. The van der Waals surface area contributed by atoms with Gasteiger partial charge in [-0.3, -0.25) is 9.59 Å². The average Bonchev–Trinajstić information content (AvgIpc) is 2.56. The topological polar surface area (TPSA) is 68.4 Å². The molecule has 116 valence electrons. The molecule has 5 heteroatoms. The zero-order valence-electron chi connectivity index (χ0n) is 12.5. The van der Waals surface area contributed by atoms with E-state index >= 15 is 0 Å². The number of ether oxygens (including phenoxy) is 2. The molecular formula is C18H15NO4. The van der Waals surface area contributed by atoms with E-state index in [1.54, 1.807) is 18.2 Å². The predicted octanol–water partition coefficient (Wildman–Crippen LogP) is 3.04. The van der Waals surface area contributed by atoms with Crippen LogP contribution in [0.5, 0.6) is 11.5 Å². The lowest BCUT2D eigenvalue weighted by Crippen LogP contribution is -2.11. The fraction of sp³-hybridized carbons (Fsp3) is 0.111. The first-order valence-electron chi connectivity index (χ1n) is 7.11. The molecule has 2 aromatic carbocycles. The summed E-state index contributed by atoms with van der Waals surface area (Å²) in [5.41, 5.74) is 0.999. The lowest BCUT2D eigenvalue weighted by atomic mass is 10.1. The highest BCUT2D eigenvalue weighted by molar-refractivity contribution is 5.81. The largest absolute Gasteiger partial charge is 0.469 e. The van der Waals surface area contributed by atoms with Gasteiger partial charge >= 0.3 is 5.97 Å². The van der Waals surface area contributed by atoms with Gasteiger partial charge in [0.05, 0.1) is 13.5 Å². The highest BCUT2D eigenvalue weighted by Gasteiger charge is 2.08. The van der Waals surface area contributed by atoms with Gasteiger partial charge in [0, 0.05) is 22.7 Å². The molecule has 0 bridgehead atoms. The van der Waals surface area contributed by atoms with Crippen molar-refractivity contribution >= 4 is 16.9 Å². The van der Waals surface area contributed by atoms with Crippen LogP contribution in [0.2, 0.25) is 0 Å². The number of para-hydroxylation sites is 1. The van der Waals surface area contributed by atoms with Crippen LogP contribution >= 0.6 is 0 Å². The summed E-state index contributed by atoms with van der Waals surface area (Å²) in [4.78, 5) is 26.6. The van der Waals surface area contributed by atoms with Crippen molar-refractivity contribution in [3.05, 3.63) is 70.5 Å². The molecule has 0 saturated carbocycles. The molecular weight excluding hydrogens is 294 g/mol. The second kappa shape index (κ2) is 6.36. The van der Waals surface area contributed by atoms with Crippen LogP contribution < -0.4 is 10.2 Å². The molecule has 23 heavy (non-hydrogen) atoms.